The van der Waals surface area contributed by atoms with Crippen molar-refractivity contribution in [3.8, 4) is 5.75 Å². The second-order valence-corrected chi connectivity index (χ2v) is 11.5. The van der Waals surface area contributed by atoms with Gasteiger partial charge in [0.2, 0.25) is 0 Å². The summed E-state index contributed by atoms with van der Waals surface area (Å²) in [6.07, 6.45) is 3.35. The molecule has 0 saturated carbocycles. The SMILES string of the molecule is Cc1ccccc1C(C)N1CC2CC1CN2C(=O)Nc1ccc(OC2CCN(Cc3ccccc3)CC2)cc1. The first-order chi connectivity index (χ1) is 19.0. The highest BCUT2D eigenvalue weighted by molar-refractivity contribution is 5.90. The van der Waals surface area contributed by atoms with Crippen LogP contribution in [0.3, 0.4) is 0 Å². The van der Waals surface area contributed by atoms with Crippen molar-refractivity contribution in [3.05, 3.63) is 95.6 Å². The summed E-state index contributed by atoms with van der Waals surface area (Å²) in [7, 11) is 0. The number of aryl methyl sites for hydroxylation is 1. The van der Waals surface area contributed by atoms with Crippen LogP contribution in [-0.4, -0.2) is 65.1 Å². The van der Waals surface area contributed by atoms with E-state index in [0.29, 0.717) is 12.1 Å². The molecule has 3 fully saturated rings. The third-order valence-electron chi connectivity index (χ3n) is 8.87. The van der Waals surface area contributed by atoms with E-state index in [1.165, 1.54) is 16.7 Å². The predicted molar refractivity (Wildman–Crippen MR) is 156 cm³/mol. The summed E-state index contributed by atoms with van der Waals surface area (Å²) in [6.45, 7) is 9.31. The van der Waals surface area contributed by atoms with E-state index in [4.69, 9.17) is 4.74 Å². The minimum atomic E-state index is 0.00477. The van der Waals surface area contributed by atoms with Gasteiger partial charge in [-0.3, -0.25) is 9.80 Å². The van der Waals surface area contributed by atoms with E-state index < -0.39 is 0 Å². The summed E-state index contributed by atoms with van der Waals surface area (Å²) in [6, 6.07) is 28.3. The zero-order valence-corrected chi connectivity index (χ0v) is 23.1. The minimum Gasteiger partial charge on any atom is -0.490 e. The highest BCUT2D eigenvalue weighted by atomic mass is 16.5. The van der Waals surface area contributed by atoms with Crippen molar-refractivity contribution in [3.63, 3.8) is 0 Å². The molecule has 204 valence electrons. The molecule has 3 aliphatic rings. The third-order valence-corrected chi connectivity index (χ3v) is 8.87. The largest absolute Gasteiger partial charge is 0.490 e. The number of piperidine rings is 1. The van der Waals surface area contributed by atoms with Crippen molar-refractivity contribution in [1.82, 2.24) is 14.7 Å². The second-order valence-electron chi connectivity index (χ2n) is 11.5. The predicted octanol–water partition coefficient (Wildman–Crippen LogP) is 6.09. The van der Waals surface area contributed by atoms with Crippen LogP contribution in [0.5, 0.6) is 5.75 Å². The van der Waals surface area contributed by atoms with Crippen molar-refractivity contribution in [2.45, 2.75) is 63.9 Å². The molecular weight excluding hydrogens is 484 g/mol. The molecule has 0 spiro atoms. The van der Waals surface area contributed by atoms with Crippen LogP contribution in [-0.2, 0) is 6.54 Å². The van der Waals surface area contributed by atoms with Gasteiger partial charge in [0.05, 0.1) is 0 Å². The number of carbonyl (C=O) groups is 1. The molecule has 39 heavy (non-hydrogen) atoms. The van der Waals surface area contributed by atoms with Crippen LogP contribution in [0.1, 0.15) is 48.9 Å². The first-order valence-corrected chi connectivity index (χ1v) is 14.5. The molecule has 3 saturated heterocycles. The van der Waals surface area contributed by atoms with Crippen molar-refractivity contribution in [1.29, 1.82) is 0 Å². The van der Waals surface area contributed by atoms with Gasteiger partial charge in [0.25, 0.3) is 0 Å². The first kappa shape index (κ1) is 25.9. The van der Waals surface area contributed by atoms with Crippen LogP contribution in [0, 0.1) is 6.92 Å². The third kappa shape index (κ3) is 5.82. The molecule has 6 nitrogen and oxygen atoms in total. The van der Waals surface area contributed by atoms with Gasteiger partial charge in [-0.05, 0) is 74.1 Å². The molecular formula is C33H40N4O2. The molecule has 2 amide bonds. The standard InChI is InChI=1S/C33H40N4O2/c1-24-8-6-7-11-32(24)25(2)36-22-29-20-28(36)23-37(29)33(38)34-27-12-14-30(15-13-27)39-31-16-18-35(19-17-31)21-26-9-4-3-5-10-26/h3-15,25,28-29,31H,16-23H2,1-2H3,(H,34,38). The van der Waals surface area contributed by atoms with E-state index in [1.807, 2.05) is 29.2 Å². The van der Waals surface area contributed by atoms with E-state index in [2.05, 4.69) is 83.6 Å². The quantitative estimate of drug-likeness (QED) is 0.406. The highest BCUT2D eigenvalue weighted by Gasteiger charge is 2.47. The van der Waals surface area contributed by atoms with Crippen molar-refractivity contribution >= 4 is 11.7 Å². The minimum absolute atomic E-state index is 0.00477. The Labute approximate surface area is 232 Å². The highest BCUT2D eigenvalue weighted by Crippen LogP contribution is 2.37. The van der Waals surface area contributed by atoms with Crippen molar-refractivity contribution < 1.29 is 9.53 Å². The number of likely N-dealkylation sites (tertiary alicyclic amines) is 3. The maximum atomic E-state index is 13.1. The van der Waals surface area contributed by atoms with Crippen LogP contribution >= 0.6 is 0 Å². The molecule has 3 aliphatic heterocycles. The Morgan fingerprint density at radius 3 is 2.33 bits per heavy atom. The topological polar surface area (TPSA) is 48.1 Å². The van der Waals surface area contributed by atoms with Gasteiger partial charge in [0.15, 0.2) is 0 Å². The first-order valence-electron chi connectivity index (χ1n) is 14.5. The number of nitrogens with one attached hydrogen (secondary N) is 1. The Morgan fingerprint density at radius 2 is 1.64 bits per heavy atom. The maximum absolute atomic E-state index is 13.1. The number of hydrogen-bond donors (Lipinski definition) is 1. The lowest BCUT2D eigenvalue weighted by Gasteiger charge is -2.38. The molecule has 1 N–H and O–H groups in total. The monoisotopic (exact) mass is 524 g/mol. The van der Waals surface area contributed by atoms with Crippen LogP contribution in [0.25, 0.3) is 0 Å². The van der Waals surface area contributed by atoms with Gasteiger partial charge < -0.3 is 15.0 Å². The van der Waals surface area contributed by atoms with E-state index in [1.54, 1.807) is 0 Å². The Morgan fingerprint density at radius 1 is 0.923 bits per heavy atom. The second kappa shape index (κ2) is 11.4. The molecule has 3 heterocycles. The Kier molecular flexibility index (Phi) is 7.58. The number of urea groups is 1. The Balaban J connectivity index is 0.963. The normalized spacial score (nSPS) is 22.7. The number of nitrogens with zero attached hydrogens (tertiary/aromatic N) is 3. The van der Waals surface area contributed by atoms with Crippen LogP contribution in [0.15, 0.2) is 78.9 Å². The molecule has 0 radical (unpaired) electrons. The summed E-state index contributed by atoms with van der Waals surface area (Å²) >= 11 is 0. The molecule has 3 unspecified atom stereocenters. The fourth-order valence-electron chi connectivity index (χ4n) is 6.69. The Bertz CT molecular complexity index is 1260. The number of rotatable bonds is 7. The van der Waals surface area contributed by atoms with Gasteiger partial charge in [0.1, 0.15) is 11.9 Å². The van der Waals surface area contributed by atoms with Crippen molar-refractivity contribution in [2.75, 3.05) is 31.5 Å². The molecule has 3 atom stereocenters. The number of amides is 2. The van der Waals surface area contributed by atoms with Gasteiger partial charge in [-0.15, -0.1) is 0 Å². The number of benzene rings is 3. The lowest BCUT2D eigenvalue weighted by molar-refractivity contribution is 0.0968. The fraction of sp³-hybridized carbons (Fsp3) is 0.424. The van der Waals surface area contributed by atoms with Crippen LogP contribution < -0.4 is 10.1 Å². The molecule has 0 aromatic heterocycles. The van der Waals surface area contributed by atoms with Crippen LogP contribution in [0.2, 0.25) is 0 Å². The number of anilines is 1. The number of ether oxygens (including phenoxy) is 1. The van der Waals surface area contributed by atoms with Gasteiger partial charge in [0, 0.05) is 56.5 Å². The zero-order valence-electron chi connectivity index (χ0n) is 23.1. The molecule has 6 heteroatoms. The summed E-state index contributed by atoms with van der Waals surface area (Å²) < 4.78 is 6.28. The van der Waals surface area contributed by atoms with E-state index in [-0.39, 0.29) is 18.2 Å². The van der Waals surface area contributed by atoms with Gasteiger partial charge in [-0.25, -0.2) is 4.79 Å². The lowest BCUT2D eigenvalue weighted by atomic mass is 10.0. The van der Waals surface area contributed by atoms with Crippen molar-refractivity contribution in [2.24, 2.45) is 0 Å². The summed E-state index contributed by atoms with van der Waals surface area (Å²) in [5, 5.41) is 3.12. The summed E-state index contributed by atoms with van der Waals surface area (Å²) in [4.78, 5) is 20.2. The number of hydrogen-bond acceptors (Lipinski definition) is 4. The summed E-state index contributed by atoms with van der Waals surface area (Å²) in [5.74, 6) is 0.871. The van der Waals surface area contributed by atoms with Gasteiger partial charge >= 0.3 is 6.03 Å². The van der Waals surface area contributed by atoms with E-state index in [0.717, 1.165) is 63.4 Å². The van der Waals surface area contributed by atoms with Gasteiger partial charge in [-0.2, -0.15) is 0 Å². The number of fused-ring (bicyclic) bond motifs is 2. The molecule has 3 aromatic rings. The number of carbonyl (C=O) groups excluding carboxylic acids is 1. The van der Waals surface area contributed by atoms with Gasteiger partial charge in [-0.1, -0.05) is 54.6 Å². The molecule has 3 aromatic carbocycles. The summed E-state index contributed by atoms with van der Waals surface area (Å²) in [5.41, 5.74) is 4.91. The average Bonchev–Trinajstić information content (AvgIpc) is 3.57. The molecule has 6 rings (SSSR count). The van der Waals surface area contributed by atoms with E-state index >= 15 is 0 Å². The maximum Gasteiger partial charge on any atom is 0.322 e. The number of piperazine rings is 1. The Hall–Kier alpha value is -3.35. The van der Waals surface area contributed by atoms with E-state index in [9.17, 15) is 4.79 Å². The molecule has 2 bridgehead atoms. The smallest absolute Gasteiger partial charge is 0.322 e. The average molecular weight is 525 g/mol. The zero-order chi connectivity index (χ0) is 26.8. The van der Waals surface area contributed by atoms with Crippen LogP contribution in [0.4, 0.5) is 10.5 Å². The lowest BCUT2D eigenvalue weighted by Crippen LogP contribution is -2.50. The molecule has 0 aliphatic carbocycles. The fourth-order valence-corrected chi connectivity index (χ4v) is 6.69.